The molecule has 0 saturated heterocycles. The van der Waals surface area contributed by atoms with E-state index in [-0.39, 0.29) is 16.2 Å². The molecular formula is C22H28N6. The summed E-state index contributed by atoms with van der Waals surface area (Å²) in [5.41, 5.74) is 6.68. The molecule has 0 spiro atoms. The van der Waals surface area contributed by atoms with Crippen LogP contribution in [0.5, 0.6) is 0 Å². The number of hydrogen-bond donors (Lipinski definition) is 2. The topological polar surface area (TPSA) is 83.1 Å². The number of H-pyrrole nitrogens is 2. The van der Waals surface area contributed by atoms with Gasteiger partial charge in [-0.15, -0.1) is 0 Å². The average Bonchev–Trinajstić information content (AvgIpc) is 3.36. The summed E-state index contributed by atoms with van der Waals surface area (Å²) in [6, 6.07) is 3.99. The van der Waals surface area contributed by atoms with Crippen LogP contribution in [0, 0.1) is 5.41 Å². The van der Waals surface area contributed by atoms with Gasteiger partial charge in [-0.3, -0.25) is 10.2 Å². The second-order valence-electron chi connectivity index (χ2n) is 10.2. The van der Waals surface area contributed by atoms with Crippen LogP contribution >= 0.6 is 0 Å². The SMILES string of the molecule is CC(C)(C)c1cc(-c2ccnc(-c3n[nH]c4c3C3CCC4(C)C3(C)C)n2)n[nH]1. The lowest BCUT2D eigenvalue weighted by Gasteiger charge is -2.34. The molecule has 6 nitrogen and oxygen atoms in total. The largest absolute Gasteiger partial charge is 0.281 e. The van der Waals surface area contributed by atoms with Gasteiger partial charge in [-0.1, -0.05) is 41.5 Å². The van der Waals surface area contributed by atoms with Gasteiger partial charge < -0.3 is 0 Å². The predicted octanol–water partition coefficient (Wildman–Crippen LogP) is 4.73. The standard InChI is InChI=1S/C22H28N6/c1-20(2,3)15-11-14(25-26-15)13-8-10-23-19(24-13)17-16-12-7-9-22(6,21(12,4)5)18(16)28-27-17/h8,10-12H,7,9H2,1-6H3,(H,25,26)(H,27,28). The number of nitrogens with zero attached hydrogens (tertiary/aromatic N) is 4. The molecular weight excluding hydrogens is 348 g/mol. The van der Waals surface area contributed by atoms with Gasteiger partial charge in [0.2, 0.25) is 0 Å². The van der Waals surface area contributed by atoms with E-state index in [0.717, 1.165) is 22.8 Å². The third-order valence-corrected chi connectivity index (χ3v) is 7.45. The van der Waals surface area contributed by atoms with E-state index >= 15 is 0 Å². The van der Waals surface area contributed by atoms with Crippen molar-refractivity contribution in [3.63, 3.8) is 0 Å². The fraction of sp³-hybridized carbons (Fsp3) is 0.545. The summed E-state index contributed by atoms with van der Waals surface area (Å²) in [7, 11) is 0. The smallest absolute Gasteiger partial charge is 0.180 e. The van der Waals surface area contributed by atoms with E-state index < -0.39 is 0 Å². The Morgan fingerprint density at radius 1 is 1.07 bits per heavy atom. The van der Waals surface area contributed by atoms with Crippen molar-refractivity contribution >= 4 is 0 Å². The van der Waals surface area contributed by atoms with Crippen LogP contribution in [-0.2, 0) is 10.8 Å². The lowest BCUT2D eigenvalue weighted by molar-refractivity contribution is 0.225. The maximum absolute atomic E-state index is 4.84. The number of hydrogen-bond acceptors (Lipinski definition) is 4. The molecule has 3 heterocycles. The summed E-state index contributed by atoms with van der Waals surface area (Å²) >= 11 is 0. The quantitative estimate of drug-likeness (QED) is 0.677. The molecule has 1 saturated carbocycles. The number of rotatable bonds is 2. The van der Waals surface area contributed by atoms with Gasteiger partial charge in [0.1, 0.15) is 11.4 Å². The third-order valence-electron chi connectivity index (χ3n) is 7.45. The molecule has 1 fully saturated rings. The number of aromatic amines is 2. The van der Waals surface area contributed by atoms with Crippen LogP contribution in [0.1, 0.15) is 77.3 Å². The Kier molecular flexibility index (Phi) is 3.33. The Morgan fingerprint density at radius 2 is 1.86 bits per heavy atom. The van der Waals surface area contributed by atoms with Crippen molar-refractivity contribution in [2.24, 2.45) is 5.41 Å². The molecule has 6 heteroatoms. The predicted molar refractivity (Wildman–Crippen MR) is 109 cm³/mol. The second kappa shape index (κ2) is 5.31. The van der Waals surface area contributed by atoms with E-state index in [0.29, 0.717) is 11.7 Å². The maximum atomic E-state index is 4.84. The van der Waals surface area contributed by atoms with Gasteiger partial charge in [-0.05, 0) is 36.3 Å². The molecule has 0 aromatic carbocycles. The summed E-state index contributed by atoms with van der Waals surface area (Å²) in [6.07, 6.45) is 4.23. The minimum Gasteiger partial charge on any atom is -0.281 e. The maximum Gasteiger partial charge on any atom is 0.180 e. The summed E-state index contributed by atoms with van der Waals surface area (Å²) in [6.45, 7) is 13.6. The summed E-state index contributed by atoms with van der Waals surface area (Å²) in [4.78, 5) is 9.40. The molecule has 2 aliphatic rings. The van der Waals surface area contributed by atoms with Gasteiger partial charge in [-0.25, -0.2) is 9.97 Å². The van der Waals surface area contributed by atoms with Gasteiger partial charge >= 0.3 is 0 Å². The lowest BCUT2D eigenvalue weighted by atomic mass is 9.70. The first-order valence-corrected chi connectivity index (χ1v) is 10.1. The lowest BCUT2D eigenvalue weighted by Crippen LogP contribution is -2.32. The molecule has 146 valence electrons. The fourth-order valence-corrected chi connectivity index (χ4v) is 5.19. The Bertz CT molecular complexity index is 1070. The second-order valence-corrected chi connectivity index (χ2v) is 10.2. The molecule has 28 heavy (non-hydrogen) atoms. The van der Waals surface area contributed by atoms with Crippen LogP contribution in [0.3, 0.4) is 0 Å². The molecule has 2 N–H and O–H groups in total. The summed E-state index contributed by atoms with van der Waals surface area (Å²) in [5.74, 6) is 1.19. The van der Waals surface area contributed by atoms with E-state index in [2.05, 4.69) is 73.0 Å². The highest BCUT2D eigenvalue weighted by molar-refractivity contribution is 5.66. The van der Waals surface area contributed by atoms with Crippen molar-refractivity contribution < 1.29 is 0 Å². The van der Waals surface area contributed by atoms with E-state index in [1.54, 1.807) is 0 Å². The molecule has 3 aromatic rings. The van der Waals surface area contributed by atoms with Crippen LogP contribution in [0.4, 0.5) is 0 Å². The first-order valence-electron chi connectivity index (χ1n) is 10.1. The Morgan fingerprint density at radius 3 is 2.57 bits per heavy atom. The Hall–Kier alpha value is -2.50. The van der Waals surface area contributed by atoms with E-state index in [1.165, 1.54) is 24.1 Å². The molecule has 2 atom stereocenters. The van der Waals surface area contributed by atoms with Crippen LogP contribution in [0.25, 0.3) is 22.9 Å². The van der Waals surface area contributed by atoms with Crippen LogP contribution in [-0.4, -0.2) is 30.4 Å². The molecule has 2 unspecified atom stereocenters. The molecule has 3 aromatic heterocycles. The fourth-order valence-electron chi connectivity index (χ4n) is 5.19. The van der Waals surface area contributed by atoms with Gasteiger partial charge in [0, 0.05) is 34.0 Å². The Labute approximate surface area is 165 Å². The molecule has 2 bridgehead atoms. The van der Waals surface area contributed by atoms with E-state index in [9.17, 15) is 0 Å². The zero-order valence-electron chi connectivity index (χ0n) is 17.5. The summed E-state index contributed by atoms with van der Waals surface area (Å²) in [5, 5.41) is 15.6. The highest BCUT2D eigenvalue weighted by Gasteiger charge is 2.61. The third kappa shape index (κ3) is 2.14. The normalized spacial score (nSPS) is 25.3. The zero-order chi connectivity index (χ0) is 19.9. The van der Waals surface area contributed by atoms with Crippen molar-refractivity contribution in [1.29, 1.82) is 0 Å². The first-order chi connectivity index (χ1) is 13.1. The first kappa shape index (κ1) is 17.6. The van der Waals surface area contributed by atoms with Gasteiger partial charge in [0.25, 0.3) is 0 Å². The van der Waals surface area contributed by atoms with Gasteiger partial charge in [0.05, 0.1) is 5.69 Å². The molecule has 0 aliphatic heterocycles. The molecule has 2 aliphatic carbocycles. The van der Waals surface area contributed by atoms with Crippen LogP contribution < -0.4 is 0 Å². The minimum atomic E-state index is 0.0182. The molecule has 0 radical (unpaired) electrons. The number of fused-ring (bicyclic) bond motifs is 5. The van der Waals surface area contributed by atoms with Crippen molar-refractivity contribution in [2.45, 2.75) is 71.1 Å². The van der Waals surface area contributed by atoms with Crippen molar-refractivity contribution in [2.75, 3.05) is 0 Å². The number of nitrogens with one attached hydrogen (secondary N) is 2. The zero-order valence-corrected chi connectivity index (χ0v) is 17.5. The monoisotopic (exact) mass is 376 g/mol. The highest BCUT2D eigenvalue weighted by atomic mass is 15.2. The van der Waals surface area contributed by atoms with Crippen LogP contribution in [0.15, 0.2) is 18.3 Å². The van der Waals surface area contributed by atoms with Gasteiger partial charge in [0.15, 0.2) is 5.82 Å². The van der Waals surface area contributed by atoms with Crippen molar-refractivity contribution in [3.8, 4) is 22.9 Å². The van der Waals surface area contributed by atoms with E-state index in [4.69, 9.17) is 4.98 Å². The van der Waals surface area contributed by atoms with Crippen molar-refractivity contribution in [3.05, 3.63) is 35.3 Å². The van der Waals surface area contributed by atoms with Crippen molar-refractivity contribution in [1.82, 2.24) is 30.4 Å². The van der Waals surface area contributed by atoms with E-state index in [1.807, 2.05) is 12.3 Å². The number of aromatic nitrogens is 6. The average molecular weight is 377 g/mol. The Balaban J connectivity index is 1.58. The van der Waals surface area contributed by atoms with Crippen LogP contribution in [0.2, 0.25) is 0 Å². The highest BCUT2D eigenvalue weighted by Crippen LogP contribution is 2.68. The minimum absolute atomic E-state index is 0.0182. The molecule has 0 amide bonds. The molecule has 5 rings (SSSR count). The van der Waals surface area contributed by atoms with Gasteiger partial charge in [-0.2, -0.15) is 10.2 Å². The summed E-state index contributed by atoms with van der Waals surface area (Å²) < 4.78 is 0.